The van der Waals surface area contributed by atoms with Gasteiger partial charge >= 0.3 is 6.18 Å². The quantitative estimate of drug-likeness (QED) is 0.148. The van der Waals surface area contributed by atoms with Crippen molar-refractivity contribution in [3.8, 4) is 22.5 Å². The summed E-state index contributed by atoms with van der Waals surface area (Å²) in [4.78, 5) is 13.2. The molecule has 0 fully saturated rings. The van der Waals surface area contributed by atoms with Gasteiger partial charge in [-0.2, -0.15) is 13.2 Å². The van der Waals surface area contributed by atoms with Gasteiger partial charge in [-0.25, -0.2) is 14.4 Å². The predicted molar refractivity (Wildman–Crippen MR) is 143 cm³/mol. The van der Waals surface area contributed by atoms with E-state index in [1.165, 1.54) is 24.3 Å². The second-order valence-corrected chi connectivity index (χ2v) is 8.87. The minimum absolute atomic E-state index is 0.236. The summed E-state index contributed by atoms with van der Waals surface area (Å²) < 4.78 is 57.0. The number of hydrogen-bond acceptors (Lipinski definition) is 3. The molecule has 3 aromatic heterocycles. The molecule has 0 unspecified atom stereocenters. The number of para-hydroxylation sites is 1. The number of rotatable bonds is 4. The summed E-state index contributed by atoms with van der Waals surface area (Å²) in [7, 11) is 0. The average Bonchev–Trinajstić information content (AvgIpc) is 3.37. The van der Waals surface area contributed by atoms with Crippen molar-refractivity contribution >= 4 is 27.9 Å². The van der Waals surface area contributed by atoms with Crippen LogP contribution in [0.15, 0.2) is 109 Å². The smallest absolute Gasteiger partial charge is 0.383 e. The molecule has 0 saturated heterocycles. The van der Waals surface area contributed by atoms with Gasteiger partial charge in [0.15, 0.2) is 0 Å². The van der Waals surface area contributed by atoms with Crippen molar-refractivity contribution in [1.82, 2.24) is 14.4 Å². The van der Waals surface area contributed by atoms with E-state index in [1.807, 2.05) is 53.1 Å². The molecule has 192 valence electrons. The van der Waals surface area contributed by atoms with Crippen molar-refractivity contribution in [2.45, 2.75) is 6.18 Å². The first-order chi connectivity index (χ1) is 18.8. The van der Waals surface area contributed by atoms with Crippen molar-refractivity contribution in [2.75, 3.05) is 0 Å². The van der Waals surface area contributed by atoms with Crippen LogP contribution in [0, 0.1) is 5.82 Å². The van der Waals surface area contributed by atoms with Crippen LogP contribution >= 0.6 is 0 Å². The fourth-order valence-corrected chi connectivity index (χ4v) is 4.64. The number of pyridine rings is 2. The number of alkyl halides is 3. The molecule has 6 aromatic rings. The largest absolute Gasteiger partial charge is 0.417 e. The third kappa shape index (κ3) is 4.48. The van der Waals surface area contributed by atoms with E-state index in [4.69, 9.17) is 5.73 Å². The van der Waals surface area contributed by atoms with Gasteiger partial charge in [0.1, 0.15) is 17.5 Å². The van der Waals surface area contributed by atoms with Crippen LogP contribution in [0.3, 0.4) is 0 Å². The van der Waals surface area contributed by atoms with Gasteiger partial charge in [0, 0.05) is 34.5 Å². The van der Waals surface area contributed by atoms with E-state index in [2.05, 4.69) is 15.0 Å². The van der Waals surface area contributed by atoms with Crippen molar-refractivity contribution < 1.29 is 17.6 Å². The second-order valence-electron chi connectivity index (χ2n) is 8.87. The normalized spacial score (nSPS) is 12.4. The van der Waals surface area contributed by atoms with E-state index in [0.29, 0.717) is 22.5 Å². The lowest BCUT2D eigenvalue weighted by atomic mass is 9.98. The first-order valence-electron chi connectivity index (χ1n) is 11.9. The molecule has 0 aliphatic carbocycles. The standard InChI is InChI=1S/C30H19F4N5/c31-19-8-10-20(11-9-19)38-28(35)24-16-18(7-12-25(24)30(32,33)34)21-5-3-15-39-27(21)17-37-29(39)23-13-14-36-26-6-2-1-4-22(23)26/h1-17H,(H2,35,38). The van der Waals surface area contributed by atoms with Gasteiger partial charge < -0.3 is 5.73 Å². The van der Waals surface area contributed by atoms with Crippen molar-refractivity contribution in [3.05, 3.63) is 120 Å². The number of aromatic nitrogens is 3. The Morgan fingerprint density at radius 3 is 2.44 bits per heavy atom. The van der Waals surface area contributed by atoms with Crippen molar-refractivity contribution in [2.24, 2.45) is 10.7 Å². The van der Waals surface area contributed by atoms with Crippen molar-refractivity contribution in [1.29, 1.82) is 0 Å². The Bertz CT molecular complexity index is 1870. The molecule has 0 radical (unpaired) electrons. The van der Waals surface area contributed by atoms with Crippen molar-refractivity contribution in [3.63, 3.8) is 0 Å². The number of hydrogen-bond donors (Lipinski definition) is 1. The molecule has 2 N–H and O–H groups in total. The summed E-state index contributed by atoms with van der Waals surface area (Å²) in [6, 6.07) is 22.0. The number of amidine groups is 1. The number of aliphatic imine (C=N–C) groups is 1. The van der Waals surface area contributed by atoms with E-state index >= 15 is 0 Å². The molecule has 39 heavy (non-hydrogen) atoms. The molecule has 3 aromatic carbocycles. The Kier molecular flexibility index (Phi) is 5.83. The molecule has 0 spiro atoms. The highest BCUT2D eigenvalue weighted by Crippen LogP contribution is 2.36. The third-order valence-corrected chi connectivity index (χ3v) is 6.45. The predicted octanol–water partition coefficient (Wildman–Crippen LogP) is 7.41. The number of nitrogens with two attached hydrogens (primary N) is 1. The van der Waals surface area contributed by atoms with Gasteiger partial charge in [-0.15, -0.1) is 0 Å². The lowest BCUT2D eigenvalue weighted by Gasteiger charge is -2.15. The monoisotopic (exact) mass is 525 g/mol. The lowest BCUT2D eigenvalue weighted by Crippen LogP contribution is -2.20. The number of halogens is 4. The van der Waals surface area contributed by atoms with E-state index in [9.17, 15) is 17.6 Å². The molecule has 0 aliphatic heterocycles. The highest BCUT2D eigenvalue weighted by atomic mass is 19.4. The summed E-state index contributed by atoms with van der Waals surface area (Å²) in [5, 5.41) is 0.930. The highest BCUT2D eigenvalue weighted by molar-refractivity contribution is 6.02. The minimum Gasteiger partial charge on any atom is -0.383 e. The van der Waals surface area contributed by atoms with Gasteiger partial charge in [-0.05, 0) is 60.2 Å². The zero-order valence-electron chi connectivity index (χ0n) is 20.2. The number of nitrogens with zero attached hydrogens (tertiary/aromatic N) is 4. The number of imidazole rings is 1. The molecular formula is C30H19F4N5. The van der Waals surface area contributed by atoms with Crippen LogP contribution < -0.4 is 5.73 Å². The van der Waals surface area contributed by atoms with Crippen LogP contribution in [0.4, 0.5) is 23.2 Å². The summed E-state index contributed by atoms with van der Waals surface area (Å²) in [5.74, 6) is -0.145. The molecular weight excluding hydrogens is 506 g/mol. The molecule has 5 nitrogen and oxygen atoms in total. The molecule has 0 atom stereocenters. The SMILES string of the molecule is NC(=Nc1ccc(F)cc1)c1cc(-c2cccn3c(-c4ccnc5ccccc45)ncc23)ccc1C(F)(F)F. The molecule has 3 heterocycles. The maximum atomic E-state index is 13.9. The Labute approximate surface area is 219 Å². The molecule has 6 rings (SSSR count). The van der Waals surface area contributed by atoms with Gasteiger partial charge in [-0.1, -0.05) is 30.3 Å². The number of benzene rings is 3. The first-order valence-corrected chi connectivity index (χ1v) is 11.9. The minimum atomic E-state index is -4.66. The summed E-state index contributed by atoms with van der Waals surface area (Å²) in [6.45, 7) is 0. The Morgan fingerprint density at radius 1 is 0.846 bits per heavy atom. The van der Waals surface area contributed by atoms with E-state index in [1.54, 1.807) is 12.4 Å². The molecule has 0 amide bonds. The van der Waals surface area contributed by atoms with E-state index in [0.717, 1.165) is 34.7 Å². The summed E-state index contributed by atoms with van der Waals surface area (Å²) in [5.41, 5.74) is 8.71. The summed E-state index contributed by atoms with van der Waals surface area (Å²) in [6.07, 6.45) is 0.599. The van der Waals surface area contributed by atoms with E-state index in [-0.39, 0.29) is 17.1 Å². The second kappa shape index (κ2) is 9.36. The highest BCUT2D eigenvalue weighted by Gasteiger charge is 2.34. The fourth-order valence-electron chi connectivity index (χ4n) is 4.64. The van der Waals surface area contributed by atoms with Gasteiger partial charge in [0.25, 0.3) is 0 Å². The molecule has 9 heteroatoms. The molecule has 0 aliphatic rings. The maximum Gasteiger partial charge on any atom is 0.417 e. The van der Waals surface area contributed by atoms with Crippen LogP contribution in [-0.4, -0.2) is 20.2 Å². The molecule has 0 bridgehead atoms. The average molecular weight is 526 g/mol. The first kappa shape index (κ1) is 24.3. The van der Waals surface area contributed by atoms with Crippen LogP contribution in [0.25, 0.3) is 38.9 Å². The van der Waals surface area contributed by atoms with Crippen LogP contribution in [-0.2, 0) is 6.18 Å². The molecule has 0 saturated carbocycles. The zero-order valence-corrected chi connectivity index (χ0v) is 20.2. The van der Waals surface area contributed by atoms with Gasteiger partial charge in [0.2, 0.25) is 0 Å². The van der Waals surface area contributed by atoms with Gasteiger partial charge in [0.05, 0.1) is 28.5 Å². The summed E-state index contributed by atoms with van der Waals surface area (Å²) >= 11 is 0. The topological polar surface area (TPSA) is 68.6 Å². The zero-order chi connectivity index (χ0) is 27.1. The number of fused-ring (bicyclic) bond motifs is 2. The Balaban J connectivity index is 1.50. The Morgan fingerprint density at radius 2 is 1.64 bits per heavy atom. The lowest BCUT2D eigenvalue weighted by molar-refractivity contribution is -0.137. The van der Waals surface area contributed by atoms with Crippen LogP contribution in [0.5, 0.6) is 0 Å². The van der Waals surface area contributed by atoms with Crippen LogP contribution in [0.1, 0.15) is 11.1 Å². The van der Waals surface area contributed by atoms with Crippen LogP contribution in [0.2, 0.25) is 0 Å². The maximum absolute atomic E-state index is 13.9. The fraction of sp³-hybridized carbons (Fsp3) is 0.0333. The van der Waals surface area contributed by atoms with E-state index < -0.39 is 17.6 Å². The Hall–Kier alpha value is -5.05. The van der Waals surface area contributed by atoms with Gasteiger partial charge in [-0.3, -0.25) is 9.38 Å². The third-order valence-electron chi connectivity index (χ3n) is 6.45.